The van der Waals surface area contributed by atoms with E-state index in [1.54, 1.807) is 39.2 Å². The Kier molecular flexibility index (Phi) is 10.2. The van der Waals surface area contributed by atoms with Crippen molar-refractivity contribution in [3.05, 3.63) is 72.2 Å². The number of carbonyl (C=O) groups is 2. The van der Waals surface area contributed by atoms with Crippen molar-refractivity contribution in [3.8, 4) is 29.4 Å². The Balaban J connectivity index is 1.30. The van der Waals surface area contributed by atoms with E-state index in [2.05, 4.69) is 31.8 Å². The van der Waals surface area contributed by atoms with Gasteiger partial charge in [0.1, 0.15) is 18.0 Å². The van der Waals surface area contributed by atoms with Crippen molar-refractivity contribution in [1.82, 2.24) is 25.0 Å². The van der Waals surface area contributed by atoms with E-state index in [4.69, 9.17) is 20.6 Å². The van der Waals surface area contributed by atoms with Crippen LogP contribution < -0.4 is 20.7 Å². The highest BCUT2D eigenvalue weighted by Crippen LogP contribution is 2.27. The summed E-state index contributed by atoms with van der Waals surface area (Å²) in [4.78, 5) is 33.4. The lowest BCUT2D eigenvalue weighted by Crippen LogP contribution is -2.34. The van der Waals surface area contributed by atoms with Gasteiger partial charge in [0, 0.05) is 42.3 Å². The minimum Gasteiger partial charge on any atom is -0.481 e. The summed E-state index contributed by atoms with van der Waals surface area (Å²) in [5, 5.41) is 8.80. The van der Waals surface area contributed by atoms with Crippen LogP contribution in [-0.4, -0.2) is 64.9 Å². The third-order valence-corrected chi connectivity index (χ3v) is 6.08. The normalized spacial score (nSPS) is 11.0. The zero-order valence-electron chi connectivity index (χ0n) is 24.8. The second-order valence-corrected chi connectivity index (χ2v) is 10.6. The van der Waals surface area contributed by atoms with Crippen molar-refractivity contribution >= 4 is 29.2 Å². The summed E-state index contributed by atoms with van der Waals surface area (Å²) in [6, 6.07) is 13.1. The Morgan fingerprint density at radius 1 is 1.02 bits per heavy atom. The summed E-state index contributed by atoms with van der Waals surface area (Å²) in [7, 11) is 0. The summed E-state index contributed by atoms with van der Waals surface area (Å²) in [5.41, 5.74) is 4.10. The third kappa shape index (κ3) is 8.70. The minimum atomic E-state index is -0.551. The van der Waals surface area contributed by atoms with Crippen LogP contribution in [-0.2, 0) is 9.47 Å². The highest BCUT2D eigenvalue weighted by molar-refractivity contribution is 5.96. The fourth-order valence-electron chi connectivity index (χ4n) is 4.17. The van der Waals surface area contributed by atoms with Crippen LogP contribution in [0, 0.1) is 19.3 Å². The molecule has 43 heavy (non-hydrogen) atoms. The molecule has 0 atom stereocenters. The first-order valence-electron chi connectivity index (χ1n) is 13.8. The molecule has 11 nitrogen and oxygen atoms in total. The lowest BCUT2D eigenvalue weighted by molar-refractivity contribution is 0.0500. The summed E-state index contributed by atoms with van der Waals surface area (Å²) >= 11 is 0. The molecule has 2 heterocycles. The molecule has 0 unspecified atom stereocenters. The van der Waals surface area contributed by atoms with Crippen molar-refractivity contribution in [2.24, 2.45) is 0 Å². The van der Waals surface area contributed by atoms with Crippen LogP contribution >= 0.6 is 0 Å². The Morgan fingerprint density at radius 2 is 1.77 bits per heavy atom. The van der Waals surface area contributed by atoms with Gasteiger partial charge in [0.05, 0.1) is 25.1 Å². The molecule has 2 aromatic heterocycles. The van der Waals surface area contributed by atoms with E-state index >= 15 is 0 Å². The Hall–Kier alpha value is -5.08. The number of anilines is 2. The Morgan fingerprint density at radius 3 is 2.47 bits per heavy atom. The van der Waals surface area contributed by atoms with Crippen LogP contribution in [0.4, 0.5) is 16.3 Å². The zero-order chi connectivity index (χ0) is 30.8. The minimum absolute atomic E-state index is 0.201. The monoisotopic (exact) mass is 584 g/mol. The van der Waals surface area contributed by atoms with Crippen LogP contribution in [0.5, 0.6) is 5.75 Å². The number of amides is 2. The molecule has 3 N–H and O–H groups in total. The molecule has 0 fully saturated rings. The van der Waals surface area contributed by atoms with Crippen molar-refractivity contribution in [2.75, 3.05) is 38.2 Å². The van der Waals surface area contributed by atoms with Gasteiger partial charge < -0.3 is 30.2 Å². The predicted octanol–water partition coefficient (Wildman–Crippen LogP) is 4.73. The molecule has 0 aliphatic heterocycles. The number of imidazole rings is 1. The van der Waals surface area contributed by atoms with Gasteiger partial charge in [0.15, 0.2) is 11.5 Å². The van der Waals surface area contributed by atoms with Crippen LogP contribution in [0.2, 0.25) is 0 Å². The van der Waals surface area contributed by atoms with Gasteiger partial charge in [-0.05, 0) is 75.7 Å². The predicted molar refractivity (Wildman–Crippen MR) is 165 cm³/mol. The number of nitrogens with zero attached hydrogens (tertiary/aromatic N) is 3. The first kappa shape index (κ1) is 30.9. The maximum absolute atomic E-state index is 12.7. The molecule has 0 aliphatic rings. The fourth-order valence-corrected chi connectivity index (χ4v) is 4.17. The molecule has 0 radical (unpaired) electrons. The lowest BCUT2D eigenvalue weighted by atomic mass is 10.1. The van der Waals surface area contributed by atoms with E-state index in [1.807, 2.05) is 53.9 Å². The lowest BCUT2D eigenvalue weighted by Gasteiger charge is -2.19. The zero-order valence-corrected chi connectivity index (χ0v) is 24.8. The SMILES string of the molecule is C#CCOc1ccc(-c2cnc3c(Nc4ccc(C(=O)NCCOCCNC(=O)OC(C)(C)C)c(C)c4)nccn23)cc1. The number of benzene rings is 2. The average molecular weight is 585 g/mol. The molecule has 4 rings (SSSR count). The van der Waals surface area contributed by atoms with Gasteiger partial charge in [-0.25, -0.2) is 14.8 Å². The maximum Gasteiger partial charge on any atom is 0.407 e. The Bertz CT molecular complexity index is 1600. The molecule has 0 saturated carbocycles. The summed E-state index contributed by atoms with van der Waals surface area (Å²) < 4.78 is 18.1. The summed E-state index contributed by atoms with van der Waals surface area (Å²) in [5.74, 6) is 3.54. The smallest absolute Gasteiger partial charge is 0.407 e. The molecule has 0 bridgehead atoms. The van der Waals surface area contributed by atoms with E-state index in [9.17, 15) is 9.59 Å². The van der Waals surface area contributed by atoms with E-state index in [1.165, 1.54) is 0 Å². The molecule has 2 amide bonds. The standard InChI is InChI=1S/C32H36N6O5/c1-6-17-42-25-10-7-23(8-11-25)27-21-36-29-28(33-13-16-38(27)29)37-24-9-12-26(22(2)20-24)30(39)34-14-18-41-19-15-35-31(40)43-32(3,4)5/h1,7-13,16,20-21H,14-15,17-19H2,2-5H3,(H,33,37)(H,34,39)(H,35,40). The van der Waals surface area contributed by atoms with Gasteiger partial charge in [-0.15, -0.1) is 6.42 Å². The van der Waals surface area contributed by atoms with Crippen LogP contribution in [0.3, 0.4) is 0 Å². The highest BCUT2D eigenvalue weighted by Gasteiger charge is 2.16. The van der Waals surface area contributed by atoms with Gasteiger partial charge in [0.2, 0.25) is 0 Å². The number of rotatable bonds is 12. The summed E-state index contributed by atoms with van der Waals surface area (Å²) in [6.45, 7) is 8.75. The quantitative estimate of drug-likeness (QED) is 0.161. The molecule has 224 valence electrons. The van der Waals surface area contributed by atoms with E-state index in [0.717, 1.165) is 22.5 Å². The Labute approximate surface area is 251 Å². The van der Waals surface area contributed by atoms with Crippen LogP contribution in [0.15, 0.2) is 61.1 Å². The molecular weight excluding hydrogens is 548 g/mol. The maximum atomic E-state index is 12.7. The number of alkyl carbamates (subject to hydrolysis) is 1. The number of aryl methyl sites for hydroxylation is 1. The van der Waals surface area contributed by atoms with Crippen molar-refractivity contribution in [1.29, 1.82) is 0 Å². The second kappa shape index (κ2) is 14.2. The molecule has 4 aromatic rings. The number of hydrogen-bond acceptors (Lipinski definition) is 8. The first-order valence-corrected chi connectivity index (χ1v) is 13.8. The number of hydrogen-bond donors (Lipinski definition) is 3. The largest absolute Gasteiger partial charge is 0.481 e. The van der Waals surface area contributed by atoms with Gasteiger partial charge in [0.25, 0.3) is 5.91 Å². The topological polar surface area (TPSA) is 128 Å². The number of ether oxygens (including phenoxy) is 3. The number of nitrogens with one attached hydrogen (secondary N) is 3. The van der Waals surface area contributed by atoms with Crippen molar-refractivity contribution in [2.45, 2.75) is 33.3 Å². The number of fused-ring (bicyclic) bond motifs is 1. The molecule has 0 spiro atoms. The van der Waals surface area contributed by atoms with Gasteiger partial charge in [-0.1, -0.05) is 5.92 Å². The average Bonchev–Trinajstić information content (AvgIpc) is 3.40. The molecule has 11 heteroatoms. The molecule has 2 aromatic carbocycles. The highest BCUT2D eigenvalue weighted by atomic mass is 16.6. The number of aromatic nitrogens is 3. The van der Waals surface area contributed by atoms with E-state index < -0.39 is 11.7 Å². The third-order valence-electron chi connectivity index (χ3n) is 6.08. The number of carbonyl (C=O) groups excluding carboxylic acids is 2. The second-order valence-electron chi connectivity index (χ2n) is 10.6. The fraction of sp³-hybridized carbons (Fsp3) is 0.312. The number of terminal acetylenes is 1. The van der Waals surface area contributed by atoms with E-state index in [-0.39, 0.29) is 12.5 Å². The van der Waals surface area contributed by atoms with Crippen molar-refractivity contribution in [3.63, 3.8) is 0 Å². The van der Waals surface area contributed by atoms with Gasteiger partial charge >= 0.3 is 6.09 Å². The van der Waals surface area contributed by atoms with Crippen LogP contribution in [0.1, 0.15) is 36.7 Å². The molecule has 0 aliphatic carbocycles. The van der Waals surface area contributed by atoms with Crippen LogP contribution in [0.25, 0.3) is 16.9 Å². The van der Waals surface area contributed by atoms with Gasteiger partial charge in [-0.2, -0.15) is 0 Å². The first-order chi connectivity index (χ1) is 20.6. The van der Waals surface area contributed by atoms with Crippen molar-refractivity contribution < 1.29 is 23.8 Å². The van der Waals surface area contributed by atoms with E-state index in [0.29, 0.717) is 49.1 Å². The molecular formula is C32H36N6O5. The molecule has 0 saturated heterocycles. The summed E-state index contributed by atoms with van der Waals surface area (Å²) in [6.07, 6.45) is 10.1. The van der Waals surface area contributed by atoms with Gasteiger partial charge in [-0.3, -0.25) is 9.20 Å².